The van der Waals surface area contributed by atoms with Crippen LogP contribution >= 0.6 is 0 Å². The van der Waals surface area contributed by atoms with E-state index in [-0.39, 0.29) is 44.8 Å². The highest BCUT2D eigenvalue weighted by atomic mass is 19.1. The molecule has 1 aromatic carbocycles. The number of hydrogen-bond acceptors (Lipinski definition) is 2. The van der Waals surface area contributed by atoms with Crippen LogP contribution in [0.25, 0.3) is 56.7 Å². The van der Waals surface area contributed by atoms with Crippen LogP contribution < -0.4 is 0 Å². The summed E-state index contributed by atoms with van der Waals surface area (Å²) in [6.45, 7) is 0. The minimum Gasteiger partial charge on any atom is -0.351 e. The summed E-state index contributed by atoms with van der Waals surface area (Å²) in [5.74, 6) is -3.03. The third-order valence-electron chi connectivity index (χ3n) is 5.48. The molecule has 3 aromatic heterocycles. The molecule has 0 amide bonds. The quantitative estimate of drug-likeness (QED) is 0.274. The van der Waals surface area contributed by atoms with Crippen molar-refractivity contribution in [3.63, 3.8) is 0 Å². The Hall–Kier alpha value is -4.20. The first kappa shape index (κ1) is 18.6. The average Bonchev–Trinajstić information content (AvgIpc) is 3.61. The summed E-state index contributed by atoms with van der Waals surface area (Å²) in [6, 6.07) is 12.1. The molecule has 2 aliphatic rings. The molecule has 0 aliphatic carbocycles. The Morgan fingerprint density at radius 2 is 0.969 bits per heavy atom. The van der Waals surface area contributed by atoms with Crippen molar-refractivity contribution in [2.75, 3.05) is 0 Å². The molecule has 0 unspecified atom stereocenters. The summed E-state index contributed by atoms with van der Waals surface area (Å²) in [5.41, 5.74) is 0.291. The number of nitrogens with one attached hydrogen (secondary N) is 2. The number of nitrogens with zero attached hydrogens (tertiary/aromatic N) is 2. The van der Waals surface area contributed by atoms with Gasteiger partial charge < -0.3 is 9.97 Å². The van der Waals surface area contributed by atoms with Crippen LogP contribution in [0.3, 0.4) is 0 Å². The van der Waals surface area contributed by atoms with E-state index in [1.807, 2.05) is 0 Å². The number of fused-ring (bicyclic) bond motifs is 11. The Labute approximate surface area is 177 Å². The molecular formula is C24H12F4N4. The Balaban J connectivity index is 1.83. The molecule has 0 spiro atoms. The summed E-state index contributed by atoms with van der Waals surface area (Å²) in [5, 5.41) is 0. The lowest BCUT2D eigenvalue weighted by Crippen LogP contribution is -1.88. The molecule has 156 valence electrons. The molecule has 0 radical (unpaired) electrons. The highest BCUT2D eigenvalue weighted by molar-refractivity contribution is 5.88. The zero-order valence-electron chi connectivity index (χ0n) is 16.2. The highest BCUT2D eigenvalue weighted by Gasteiger charge is 2.24. The topological polar surface area (TPSA) is 57.4 Å². The molecule has 4 aromatic rings. The lowest BCUT2D eigenvalue weighted by molar-refractivity contribution is 0.614. The summed E-state index contributed by atoms with van der Waals surface area (Å²) < 4.78 is 60.8. The average molecular weight is 432 g/mol. The number of halogens is 4. The van der Waals surface area contributed by atoms with Crippen molar-refractivity contribution in [2.45, 2.75) is 0 Å². The van der Waals surface area contributed by atoms with Gasteiger partial charge in [-0.05, 0) is 36.4 Å². The second-order valence-electron chi connectivity index (χ2n) is 7.40. The van der Waals surface area contributed by atoms with Crippen LogP contribution in [-0.4, -0.2) is 19.9 Å². The fraction of sp³-hybridized carbons (Fsp3) is 0. The van der Waals surface area contributed by atoms with E-state index in [1.54, 1.807) is 24.3 Å². The van der Waals surface area contributed by atoms with Crippen LogP contribution in [0.1, 0.15) is 11.4 Å². The first-order valence-corrected chi connectivity index (χ1v) is 9.71. The Morgan fingerprint density at radius 1 is 0.500 bits per heavy atom. The molecule has 0 atom stereocenters. The van der Waals surface area contributed by atoms with E-state index in [4.69, 9.17) is 0 Å². The molecule has 32 heavy (non-hydrogen) atoms. The van der Waals surface area contributed by atoms with Gasteiger partial charge >= 0.3 is 0 Å². The van der Waals surface area contributed by atoms with Gasteiger partial charge in [-0.25, -0.2) is 27.5 Å². The molecule has 8 bridgehead atoms. The van der Waals surface area contributed by atoms with Crippen LogP contribution in [0.5, 0.6) is 0 Å². The van der Waals surface area contributed by atoms with Crippen molar-refractivity contribution < 1.29 is 17.6 Å². The third-order valence-corrected chi connectivity index (χ3v) is 5.48. The van der Waals surface area contributed by atoms with Crippen molar-refractivity contribution in [3.8, 4) is 22.5 Å². The van der Waals surface area contributed by atoms with E-state index >= 15 is 8.78 Å². The number of hydrogen-bond donors (Lipinski definition) is 2. The van der Waals surface area contributed by atoms with Gasteiger partial charge in [0.2, 0.25) is 0 Å². The van der Waals surface area contributed by atoms with Gasteiger partial charge in [0.05, 0.1) is 22.1 Å². The van der Waals surface area contributed by atoms with Gasteiger partial charge in [0.1, 0.15) is 22.8 Å². The summed E-state index contributed by atoms with van der Waals surface area (Å²) >= 11 is 0. The summed E-state index contributed by atoms with van der Waals surface area (Å²) in [4.78, 5) is 13.6. The summed E-state index contributed by atoms with van der Waals surface area (Å²) in [6.07, 6.45) is 2.64. The van der Waals surface area contributed by atoms with E-state index < -0.39 is 23.3 Å². The van der Waals surface area contributed by atoms with Crippen molar-refractivity contribution in [1.29, 1.82) is 0 Å². The van der Waals surface area contributed by atoms with Gasteiger partial charge in [-0.3, -0.25) is 0 Å². The predicted molar refractivity (Wildman–Crippen MR) is 114 cm³/mol. The molecule has 6 rings (SSSR count). The second-order valence-corrected chi connectivity index (χ2v) is 7.40. The maximum absolute atomic E-state index is 15.4. The molecule has 0 saturated heterocycles. The van der Waals surface area contributed by atoms with E-state index in [0.717, 1.165) is 0 Å². The second kappa shape index (κ2) is 6.65. The zero-order chi connectivity index (χ0) is 22.0. The first-order valence-electron chi connectivity index (χ1n) is 9.71. The predicted octanol–water partition coefficient (Wildman–Crippen LogP) is 6.38. The Morgan fingerprint density at radius 3 is 1.56 bits per heavy atom. The summed E-state index contributed by atoms with van der Waals surface area (Å²) in [7, 11) is 0. The number of rotatable bonds is 0. The Kier molecular flexibility index (Phi) is 3.86. The van der Waals surface area contributed by atoms with Crippen LogP contribution in [0.2, 0.25) is 0 Å². The third kappa shape index (κ3) is 2.62. The van der Waals surface area contributed by atoms with Crippen molar-refractivity contribution >= 4 is 34.2 Å². The van der Waals surface area contributed by atoms with Gasteiger partial charge in [-0.2, -0.15) is 0 Å². The minimum absolute atomic E-state index is 0.000234. The molecule has 2 aliphatic heterocycles. The first-order chi connectivity index (χ1) is 15.5. The van der Waals surface area contributed by atoms with Gasteiger partial charge in [0.15, 0.2) is 23.3 Å². The number of aromatic nitrogens is 4. The van der Waals surface area contributed by atoms with E-state index in [2.05, 4.69) is 19.9 Å². The number of benzene rings is 1. The van der Waals surface area contributed by atoms with Crippen LogP contribution in [0, 0.1) is 23.3 Å². The minimum atomic E-state index is -0.801. The fourth-order valence-electron chi connectivity index (χ4n) is 3.90. The van der Waals surface area contributed by atoms with Crippen LogP contribution in [0.15, 0.2) is 48.5 Å². The maximum Gasteiger partial charge on any atom is 0.175 e. The number of aromatic amines is 2. The van der Waals surface area contributed by atoms with Gasteiger partial charge in [0, 0.05) is 11.1 Å². The molecule has 8 heteroatoms. The molecule has 2 N–H and O–H groups in total. The zero-order valence-corrected chi connectivity index (χ0v) is 16.2. The van der Waals surface area contributed by atoms with E-state index in [1.165, 1.54) is 36.4 Å². The highest BCUT2D eigenvalue weighted by Crippen LogP contribution is 2.39. The lowest BCUT2D eigenvalue weighted by atomic mass is 10.0. The van der Waals surface area contributed by atoms with Crippen molar-refractivity contribution in [3.05, 3.63) is 83.2 Å². The monoisotopic (exact) mass is 432 g/mol. The maximum atomic E-state index is 15.4. The van der Waals surface area contributed by atoms with Crippen molar-refractivity contribution in [2.24, 2.45) is 0 Å². The fourth-order valence-corrected chi connectivity index (χ4v) is 3.90. The molecule has 0 saturated carbocycles. The molecular weight excluding hydrogens is 420 g/mol. The Bertz CT molecular complexity index is 1630. The van der Waals surface area contributed by atoms with Crippen molar-refractivity contribution in [1.82, 2.24) is 19.9 Å². The lowest BCUT2D eigenvalue weighted by Gasteiger charge is -1.99. The SMILES string of the molecule is Fc1c2nc(c(F)c3ccc([nH]3)c(F)c3ccc([nH]3)c(F)c3nc1-c1ccccc1-3)C=C2. The number of H-pyrrole nitrogens is 2. The largest absolute Gasteiger partial charge is 0.351 e. The van der Waals surface area contributed by atoms with Crippen LogP contribution in [0.4, 0.5) is 17.6 Å². The van der Waals surface area contributed by atoms with Gasteiger partial charge in [-0.15, -0.1) is 0 Å². The van der Waals surface area contributed by atoms with Gasteiger partial charge in [0.25, 0.3) is 0 Å². The standard InChI is InChI=1S/C24H12F4N4/c25-19-13-5-6-14(29-13)20(26)16-8-10-18(31-16)22(28)24-12-4-2-1-3-11(12)23(32-24)21(27)17-9-7-15(19)30-17/h1-10,29-30H. The smallest absolute Gasteiger partial charge is 0.175 e. The molecule has 4 nitrogen and oxygen atoms in total. The van der Waals surface area contributed by atoms with Crippen LogP contribution in [-0.2, 0) is 0 Å². The van der Waals surface area contributed by atoms with Gasteiger partial charge in [-0.1, -0.05) is 24.3 Å². The van der Waals surface area contributed by atoms with E-state index in [0.29, 0.717) is 11.1 Å². The molecule has 0 fully saturated rings. The molecule has 5 heterocycles. The van der Waals surface area contributed by atoms with E-state index in [9.17, 15) is 8.78 Å². The normalized spacial score (nSPS) is 12.2.